The number of benzene rings is 1. The summed E-state index contributed by atoms with van der Waals surface area (Å²) in [6, 6.07) is 0.555. The average molecular weight is 323 g/mol. The molecular formula is C12H9F4NO3S. The number of sulfone groups is 1. The summed E-state index contributed by atoms with van der Waals surface area (Å²) in [6.07, 6.45) is -3.53. The second-order valence-corrected chi connectivity index (χ2v) is 6.36. The van der Waals surface area contributed by atoms with E-state index in [1.54, 1.807) is 0 Å². The van der Waals surface area contributed by atoms with E-state index >= 15 is 0 Å². The Morgan fingerprint density at radius 3 is 2.48 bits per heavy atom. The molecule has 1 aliphatic rings. The fourth-order valence-corrected chi connectivity index (χ4v) is 3.02. The highest BCUT2D eigenvalue weighted by Gasteiger charge is 2.32. The van der Waals surface area contributed by atoms with Crippen LogP contribution in [0.2, 0.25) is 0 Å². The van der Waals surface area contributed by atoms with Crippen LogP contribution >= 0.6 is 0 Å². The lowest BCUT2D eigenvalue weighted by Crippen LogP contribution is -2.36. The Morgan fingerprint density at radius 2 is 1.95 bits per heavy atom. The number of hydrogen-bond acceptors (Lipinski definition) is 3. The van der Waals surface area contributed by atoms with Crippen LogP contribution in [0.1, 0.15) is 15.9 Å². The normalized spacial score (nSPS) is 20.5. The monoisotopic (exact) mass is 323 g/mol. The fourth-order valence-electron chi connectivity index (χ4n) is 1.79. The van der Waals surface area contributed by atoms with Gasteiger partial charge in [0.25, 0.3) is 5.91 Å². The van der Waals surface area contributed by atoms with Crippen LogP contribution in [-0.2, 0) is 16.0 Å². The van der Waals surface area contributed by atoms with Crippen molar-refractivity contribution in [3.05, 3.63) is 46.6 Å². The van der Waals surface area contributed by atoms with E-state index in [2.05, 4.69) is 5.32 Å². The van der Waals surface area contributed by atoms with Gasteiger partial charge in [0.05, 0.1) is 22.9 Å². The lowest BCUT2D eigenvalue weighted by molar-refractivity contribution is -0.137. The molecule has 1 heterocycles. The minimum absolute atomic E-state index is 0.387. The first-order chi connectivity index (χ1) is 9.58. The smallest absolute Gasteiger partial charge is 0.345 e. The summed E-state index contributed by atoms with van der Waals surface area (Å²) < 4.78 is 73.3. The molecule has 1 N–H and O–H groups in total. The highest BCUT2D eigenvalue weighted by molar-refractivity contribution is 7.94. The van der Waals surface area contributed by atoms with Gasteiger partial charge in [-0.05, 0) is 24.3 Å². The molecule has 114 valence electrons. The number of carbonyl (C=O) groups is 1. The maximum absolute atomic E-state index is 13.5. The molecule has 1 amide bonds. The molecule has 0 bridgehead atoms. The lowest BCUT2D eigenvalue weighted by Gasteiger charge is -2.12. The van der Waals surface area contributed by atoms with E-state index in [-0.39, 0.29) is 0 Å². The van der Waals surface area contributed by atoms with Crippen LogP contribution in [0.5, 0.6) is 0 Å². The molecule has 0 fully saturated rings. The Balaban J connectivity index is 2.22. The second kappa shape index (κ2) is 5.14. The summed E-state index contributed by atoms with van der Waals surface area (Å²) >= 11 is 0. The summed E-state index contributed by atoms with van der Waals surface area (Å²) in [4.78, 5) is 11.8. The van der Waals surface area contributed by atoms with E-state index < -0.39 is 50.7 Å². The summed E-state index contributed by atoms with van der Waals surface area (Å²) in [7, 11) is -3.43. The number of rotatable bonds is 2. The van der Waals surface area contributed by atoms with Crippen molar-refractivity contribution in [1.29, 1.82) is 0 Å². The second-order valence-electron chi connectivity index (χ2n) is 4.43. The molecule has 0 saturated carbocycles. The molecule has 1 aliphatic heterocycles. The number of alkyl halides is 3. The van der Waals surface area contributed by atoms with E-state index in [4.69, 9.17) is 0 Å². The maximum Gasteiger partial charge on any atom is 0.416 e. The standard InChI is InChI=1S/C12H9F4NO3S/c13-10-2-1-7(12(14,15)16)5-9(10)11(18)17-8-3-4-21(19,20)6-8/h1-5,8H,6H2,(H,17,18). The van der Waals surface area contributed by atoms with Gasteiger partial charge >= 0.3 is 6.18 Å². The van der Waals surface area contributed by atoms with Gasteiger partial charge in [0.15, 0.2) is 9.84 Å². The number of amides is 1. The van der Waals surface area contributed by atoms with Gasteiger partial charge in [-0.25, -0.2) is 12.8 Å². The Labute approximate surface area is 117 Å². The van der Waals surface area contributed by atoms with Gasteiger partial charge in [-0.15, -0.1) is 0 Å². The molecule has 4 nitrogen and oxygen atoms in total. The number of halogens is 4. The van der Waals surface area contributed by atoms with E-state index in [1.165, 1.54) is 6.08 Å². The van der Waals surface area contributed by atoms with Crippen molar-refractivity contribution in [1.82, 2.24) is 5.32 Å². The first-order valence-corrected chi connectivity index (χ1v) is 7.38. The molecule has 2 rings (SSSR count). The fraction of sp³-hybridized carbons (Fsp3) is 0.250. The van der Waals surface area contributed by atoms with Crippen LogP contribution in [0, 0.1) is 5.82 Å². The van der Waals surface area contributed by atoms with Gasteiger partial charge < -0.3 is 5.32 Å². The molecule has 9 heteroatoms. The van der Waals surface area contributed by atoms with Gasteiger partial charge in [0.2, 0.25) is 0 Å². The van der Waals surface area contributed by atoms with Gasteiger partial charge in [-0.1, -0.05) is 0 Å². The highest BCUT2D eigenvalue weighted by atomic mass is 32.2. The third-order valence-electron chi connectivity index (χ3n) is 2.78. The number of carbonyl (C=O) groups excluding carboxylic acids is 1. The van der Waals surface area contributed by atoms with Crippen LogP contribution in [0.25, 0.3) is 0 Å². The van der Waals surface area contributed by atoms with Crippen molar-refractivity contribution >= 4 is 15.7 Å². The molecular weight excluding hydrogens is 314 g/mol. The van der Waals surface area contributed by atoms with Crippen molar-refractivity contribution in [2.45, 2.75) is 12.2 Å². The lowest BCUT2D eigenvalue weighted by atomic mass is 10.1. The molecule has 1 aromatic rings. The van der Waals surface area contributed by atoms with E-state index in [0.717, 1.165) is 5.41 Å². The van der Waals surface area contributed by atoms with E-state index in [0.29, 0.717) is 18.2 Å². The van der Waals surface area contributed by atoms with Crippen LogP contribution in [-0.4, -0.2) is 26.1 Å². The Hall–Kier alpha value is -1.90. The largest absolute Gasteiger partial charge is 0.416 e. The predicted molar refractivity (Wildman–Crippen MR) is 65.6 cm³/mol. The number of nitrogens with one attached hydrogen (secondary N) is 1. The zero-order valence-electron chi connectivity index (χ0n) is 10.3. The van der Waals surface area contributed by atoms with Crippen molar-refractivity contribution in [3.8, 4) is 0 Å². The minimum Gasteiger partial charge on any atom is -0.345 e. The van der Waals surface area contributed by atoms with Crippen LogP contribution in [0.3, 0.4) is 0 Å². The molecule has 0 spiro atoms. The average Bonchev–Trinajstić information content (AvgIpc) is 2.67. The SMILES string of the molecule is O=C(NC1C=CS(=O)(=O)C1)c1cc(C(F)(F)F)ccc1F. The van der Waals surface area contributed by atoms with Gasteiger partial charge in [0, 0.05) is 5.41 Å². The Kier molecular flexibility index (Phi) is 3.79. The third-order valence-corrected chi connectivity index (χ3v) is 4.18. The van der Waals surface area contributed by atoms with Crippen LogP contribution < -0.4 is 5.32 Å². The maximum atomic E-state index is 13.5. The zero-order valence-corrected chi connectivity index (χ0v) is 11.1. The van der Waals surface area contributed by atoms with Crippen LogP contribution in [0.15, 0.2) is 29.7 Å². The Morgan fingerprint density at radius 1 is 1.29 bits per heavy atom. The molecule has 1 aromatic carbocycles. The van der Waals surface area contributed by atoms with Crippen molar-refractivity contribution in [2.75, 3.05) is 5.75 Å². The summed E-state index contributed by atoms with van der Waals surface area (Å²) in [5.74, 6) is -2.63. The summed E-state index contributed by atoms with van der Waals surface area (Å²) in [5.41, 5.74) is -1.95. The summed E-state index contributed by atoms with van der Waals surface area (Å²) in [6.45, 7) is 0. The molecule has 21 heavy (non-hydrogen) atoms. The third kappa shape index (κ3) is 3.60. The first-order valence-electron chi connectivity index (χ1n) is 5.67. The molecule has 0 saturated heterocycles. The van der Waals surface area contributed by atoms with Gasteiger partial charge in [-0.2, -0.15) is 13.2 Å². The van der Waals surface area contributed by atoms with Crippen molar-refractivity contribution in [3.63, 3.8) is 0 Å². The molecule has 1 unspecified atom stereocenters. The van der Waals surface area contributed by atoms with E-state index in [9.17, 15) is 30.8 Å². The molecule has 1 atom stereocenters. The topological polar surface area (TPSA) is 63.2 Å². The molecule has 0 aromatic heterocycles. The van der Waals surface area contributed by atoms with Gasteiger partial charge in [0.1, 0.15) is 5.82 Å². The molecule has 0 radical (unpaired) electrons. The highest BCUT2D eigenvalue weighted by Crippen LogP contribution is 2.30. The minimum atomic E-state index is -4.71. The van der Waals surface area contributed by atoms with Gasteiger partial charge in [-0.3, -0.25) is 4.79 Å². The van der Waals surface area contributed by atoms with Crippen LogP contribution in [0.4, 0.5) is 17.6 Å². The predicted octanol–water partition coefficient (Wildman–Crippen LogP) is 1.89. The van der Waals surface area contributed by atoms with Crippen molar-refractivity contribution in [2.24, 2.45) is 0 Å². The quantitative estimate of drug-likeness (QED) is 0.846. The Bertz CT molecular complexity index is 710. The first kappa shape index (κ1) is 15.5. The summed E-state index contributed by atoms with van der Waals surface area (Å²) in [5, 5.41) is 3.05. The zero-order chi connectivity index (χ0) is 15.8. The molecule has 0 aliphatic carbocycles. The number of hydrogen-bond donors (Lipinski definition) is 1. The van der Waals surface area contributed by atoms with Crippen molar-refractivity contribution < 1.29 is 30.8 Å². The van der Waals surface area contributed by atoms with E-state index in [1.807, 2.05) is 0 Å².